The number of rotatable bonds is 8. The summed E-state index contributed by atoms with van der Waals surface area (Å²) in [6.07, 6.45) is 4.93. The van der Waals surface area contributed by atoms with Crippen LogP contribution < -0.4 is 4.74 Å². The maximum atomic E-state index is 13.7. The van der Waals surface area contributed by atoms with E-state index in [1.807, 2.05) is 76.2 Å². The van der Waals surface area contributed by atoms with Gasteiger partial charge < -0.3 is 14.1 Å². The molecular formula is C27H28N4O3S. The van der Waals surface area contributed by atoms with E-state index in [1.165, 1.54) is 18.2 Å². The van der Waals surface area contributed by atoms with E-state index < -0.39 is 5.25 Å². The summed E-state index contributed by atoms with van der Waals surface area (Å²) in [6, 6.07) is 21.5. The predicted octanol–water partition coefficient (Wildman–Crippen LogP) is 5.44. The number of piperidine rings is 1. The van der Waals surface area contributed by atoms with Gasteiger partial charge in [-0.25, -0.2) is 0 Å². The van der Waals surface area contributed by atoms with E-state index in [2.05, 4.69) is 10.2 Å². The predicted molar refractivity (Wildman–Crippen MR) is 135 cm³/mol. The fourth-order valence-electron chi connectivity index (χ4n) is 4.33. The molecule has 4 aromatic rings. The zero-order chi connectivity index (χ0) is 24.0. The van der Waals surface area contributed by atoms with Crippen molar-refractivity contribution in [2.45, 2.75) is 36.2 Å². The first-order valence-electron chi connectivity index (χ1n) is 11.8. The molecule has 1 saturated heterocycles. The van der Waals surface area contributed by atoms with Crippen LogP contribution in [-0.2, 0) is 11.3 Å². The number of carbonyl (C=O) groups excluding carboxylic acids is 1. The van der Waals surface area contributed by atoms with Gasteiger partial charge in [0, 0.05) is 18.7 Å². The van der Waals surface area contributed by atoms with Crippen LogP contribution in [0, 0.1) is 0 Å². The van der Waals surface area contributed by atoms with Gasteiger partial charge >= 0.3 is 0 Å². The molecule has 2 aromatic heterocycles. The summed E-state index contributed by atoms with van der Waals surface area (Å²) in [4.78, 5) is 15.7. The molecular weight excluding hydrogens is 460 g/mol. The van der Waals surface area contributed by atoms with Crippen molar-refractivity contribution in [3.05, 3.63) is 84.3 Å². The molecule has 1 atom stereocenters. The lowest BCUT2D eigenvalue weighted by Gasteiger charge is -2.30. The second-order valence-electron chi connectivity index (χ2n) is 8.50. The zero-order valence-electron chi connectivity index (χ0n) is 19.7. The smallest absolute Gasteiger partial charge is 0.240 e. The van der Waals surface area contributed by atoms with Crippen LogP contribution in [0.3, 0.4) is 0 Å². The summed E-state index contributed by atoms with van der Waals surface area (Å²) >= 11 is 1.44. The average Bonchev–Trinajstić information content (AvgIpc) is 3.58. The van der Waals surface area contributed by atoms with E-state index in [9.17, 15) is 4.79 Å². The first-order chi connectivity index (χ1) is 17.2. The monoisotopic (exact) mass is 488 g/mol. The lowest BCUT2D eigenvalue weighted by atomic mass is 10.1. The van der Waals surface area contributed by atoms with E-state index >= 15 is 0 Å². The molecule has 8 heteroatoms. The molecule has 0 radical (unpaired) electrons. The van der Waals surface area contributed by atoms with E-state index in [-0.39, 0.29) is 5.91 Å². The van der Waals surface area contributed by atoms with E-state index in [4.69, 9.17) is 9.15 Å². The molecule has 1 aliphatic rings. The Morgan fingerprint density at radius 2 is 1.86 bits per heavy atom. The Kier molecular flexibility index (Phi) is 7.18. The van der Waals surface area contributed by atoms with Gasteiger partial charge in [0.05, 0.1) is 19.9 Å². The molecule has 0 spiro atoms. The summed E-state index contributed by atoms with van der Waals surface area (Å²) < 4.78 is 13.1. The van der Waals surface area contributed by atoms with Gasteiger partial charge in [-0.2, -0.15) is 0 Å². The topological polar surface area (TPSA) is 73.4 Å². The normalized spacial score (nSPS) is 14.6. The Morgan fingerprint density at radius 1 is 1.03 bits per heavy atom. The molecule has 180 valence electrons. The number of hydrogen-bond acceptors (Lipinski definition) is 6. The maximum absolute atomic E-state index is 13.7. The second kappa shape index (κ2) is 10.8. The van der Waals surface area contributed by atoms with Gasteiger partial charge in [-0.1, -0.05) is 54.2 Å². The number of furan rings is 1. The lowest BCUT2D eigenvalue weighted by Crippen LogP contribution is -2.38. The number of nitrogens with zero attached hydrogens (tertiary/aromatic N) is 4. The lowest BCUT2D eigenvalue weighted by molar-refractivity contribution is -0.131. The number of aromatic nitrogens is 3. The molecule has 0 aliphatic carbocycles. The van der Waals surface area contributed by atoms with Gasteiger partial charge in [-0.15, -0.1) is 10.2 Å². The van der Waals surface area contributed by atoms with Crippen LogP contribution in [0.25, 0.3) is 11.4 Å². The standard InChI is InChI=1S/C27H28N4O3S/c1-33-22-13-8-12-21(18-22)25-28-29-27(31(25)19-23-14-9-17-34-23)35-24(20-10-4-2-5-11-20)26(32)30-15-6-3-7-16-30/h2,4-5,8-14,17-18,24H,3,6-7,15-16,19H2,1H3/t24-/m0/s1. The number of likely N-dealkylation sites (tertiary alicyclic amines) is 1. The molecule has 0 bridgehead atoms. The van der Waals surface area contributed by atoms with Crippen molar-refractivity contribution in [1.29, 1.82) is 0 Å². The van der Waals surface area contributed by atoms with Crippen molar-refractivity contribution < 1.29 is 13.9 Å². The number of thioether (sulfide) groups is 1. The number of methoxy groups -OCH3 is 1. The summed E-state index contributed by atoms with van der Waals surface area (Å²) in [5, 5.41) is 9.33. The van der Waals surface area contributed by atoms with Crippen LogP contribution in [-0.4, -0.2) is 45.8 Å². The van der Waals surface area contributed by atoms with Crippen molar-refractivity contribution >= 4 is 17.7 Å². The largest absolute Gasteiger partial charge is 0.497 e. The first kappa shape index (κ1) is 23.2. The molecule has 3 heterocycles. The number of carbonyl (C=O) groups is 1. The highest BCUT2D eigenvalue weighted by Crippen LogP contribution is 2.38. The SMILES string of the molecule is COc1cccc(-c2nnc(S[C@H](C(=O)N3CCCCC3)c3ccccc3)n2Cc2ccco2)c1. The molecule has 0 saturated carbocycles. The Balaban J connectivity index is 1.53. The Bertz CT molecular complexity index is 1250. The van der Waals surface area contributed by atoms with Crippen molar-refractivity contribution in [3.63, 3.8) is 0 Å². The van der Waals surface area contributed by atoms with Crippen molar-refractivity contribution in [2.75, 3.05) is 20.2 Å². The molecule has 1 aliphatic heterocycles. The quantitative estimate of drug-likeness (QED) is 0.308. The Hall–Kier alpha value is -3.52. The Morgan fingerprint density at radius 3 is 2.60 bits per heavy atom. The molecule has 0 unspecified atom stereocenters. The number of hydrogen-bond donors (Lipinski definition) is 0. The Labute approximate surface area is 209 Å². The first-order valence-corrected chi connectivity index (χ1v) is 12.7. The van der Waals surface area contributed by atoms with Gasteiger partial charge in [0.2, 0.25) is 5.91 Å². The highest BCUT2D eigenvalue weighted by Gasteiger charge is 2.30. The fraction of sp³-hybridized carbons (Fsp3) is 0.296. The molecule has 7 nitrogen and oxygen atoms in total. The van der Waals surface area contributed by atoms with E-state index in [0.717, 1.165) is 48.6 Å². The average molecular weight is 489 g/mol. The van der Waals surface area contributed by atoms with Crippen LogP contribution in [0.5, 0.6) is 5.75 Å². The minimum atomic E-state index is -0.410. The summed E-state index contributed by atoms with van der Waals surface area (Å²) in [5.41, 5.74) is 1.84. The molecule has 1 fully saturated rings. The second-order valence-corrected chi connectivity index (χ2v) is 9.57. The van der Waals surface area contributed by atoms with Gasteiger partial charge in [0.25, 0.3) is 0 Å². The zero-order valence-corrected chi connectivity index (χ0v) is 20.5. The molecule has 0 N–H and O–H groups in total. The van der Waals surface area contributed by atoms with Crippen LogP contribution >= 0.6 is 11.8 Å². The molecule has 2 aromatic carbocycles. The summed E-state index contributed by atoms with van der Waals surface area (Å²) in [5.74, 6) is 2.34. The van der Waals surface area contributed by atoms with Crippen LogP contribution in [0.15, 0.2) is 82.6 Å². The van der Waals surface area contributed by atoms with Gasteiger partial charge in [0.15, 0.2) is 11.0 Å². The van der Waals surface area contributed by atoms with Crippen LogP contribution in [0.1, 0.15) is 35.8 Å². The number of amides is 1. The van der Waals surface area contributed by atoms with E-state index in [0.29, 0.717) is 17.5 Å². The third-order valence-electron chi connectivity index (χ3n) is 6.16. The van der Waals surface area contributed by atoms with Crippen LogP contribution in [0.4, 0.5) is 0 Å². The van der Waals surface area contributed by atoms with E-state index in [1.54, 1.807) is 13.4 Å². The minimum absolute atomic E-state index is 0.122. The third kappa shape index (κ3) is 5.27. The van der Waals surface area contributed by atoms with Crippen molar-refractivity contribution in [3.8, 4) is 17.1 Å². The van der Waals surface area contributed by atoms with Gasteiger partial charge in [-0.05, 0) is 49.1 Å². The van der Waals surface area contributed by atoms with Crippen molar-refractivity contribution in [2.24, 2.45) is 0 Å². The molecule has 5 rings (SSSR count). The molecule has 1 amide bonds. The summed E-state index contributed by atoms with van der Waals surface area (Å²) in [7, 11) is 1.64. The highest BCUT2D eigenvalue weighted by atomic mass is 32.2. The third-order valence-corrected chi connectivity index (χ3v) is 7.38. The van der Waals surface area contributed by atoms with Gasteiger partial charge in [0.1, 0.15) is 16.8 Å². The van der Waals surface area contributed by atoms with Gasteiger partial charge in [-0.3, -0.25) is 9.36 Å². The maximum Gasteiger partial charge on any atom is 0.240 e. The minimum Gasteiger partial charge on any atom is -0.497 e. The number of benzene rings is 2. The van der Waals surface area contributed by atoms with Crippen molar-refractivity contribution in [1.82, 2.24) is 19.7 Å². The van der Waals surface area contributed by atoms with Crippen LogP contribution in [0.2, 0.25) is 0 Å². The summed E-state index contributed by atoms with van der Waals surface area (Å²) in [6.45, 7) is 2.06. The molecule has 35 heavy (non-hydrogen) atoms. The highest BCUT2D eigenvalue weighted by molar-refractivity contribution is 8.00. The number of ether oxygens (including phenoxy) is 1. The fourth-order valence-corrected chi connectivity index (χ4v) is 5.45.